The zero-order valence-electron chi connectivity index (χ0n) is 10.4. The second-order valence-corrected chi connectivity index (χ2v) is 6.35. The maximum atomic E-state index is 11.7. The molecule has 6 heteroatoms. The molecule has 1 atom stereocenters. The van der Waals surface area contributed by atoms with Gasteiger partial charge in [0.25, 0.3) is 0 Å². The summed E-state index contributed by atoms with van der Waals surface area (Å²) in [6.45, 7) is 0. The van der Waals surface area contributed by atoms with Crippen LogP contribution >= 0.6 is 11.3 Å². The van der Waals surface area contributed by atoms with E-state index in [9.17, 15) is 9.59 Å². The second-order valence-electron chi connectivity index (χ2n) is 5.21. The molecule has 1 fully saturated rings. The number of aryl methyl sites for hydroxylation is 1. The minimum atomic E-state index is -0.967. The van der Waals surface area contributed by atoms with E-state index in [-0.39, 0.29) is 17.9 Å². The van der Waals surface area contributed by atoms with Crippen molar-refractivity contribution >= 4 is 28.3 Å². The van der Waals surface area contributed by atoms with Gasteiger partial charge in [0.1, 0.15) is 0 Å². The minimum Gasteiger partial charge on any atom is -0.465 e. The summed E-state index contributed by atoms with van der Waals surface area (Å²) in [5.41, 5.74) is 1.17. The van der Waals surface area contributed by atoms with E-state index in [1.165, 1.54) is 10.4 Å². The lowest BCUT2D eigenvalue weighted by molar-refractivity contribution is -0.117. The summed E-state index contributed by atoms with van der Waals surface area (Å²) in [6.07, 6.45) is 3.46. The normalized spacial score (nSPS) is 21.6. The first kappa shape index (κ1) is 12.5. The van der Waals surface area contributed by atoms with Crippen molar-refractivity contribution in [2.45, 2.75) is 38.1 Å². The molecule has 0 radical (unpaired) electrons. The van der Waals surface area contributed by atoms with Crippen LogP contribution in [0.5, 0.6) is 0 Å². The first-order valence-corrected chi connectivity index (χ1v) is 7.35. The third-order valence-corrected chi connectivity index (χ3v) is 4.76. The maximum Gasteiger partial charge on any atom is 0.404 e. The Morgan fingerprint density at radius 3 is 2.79 bits per heavy atom. The highest BCUT2D eigenvalue weighted by molar-refractivity contribution is 7.16. The topological polar surface area (TPSA) is 78.4 Å². The number of carbonyl (C=O) groups excluding carboxylic acids is 1. The smallest absolute Gasteiger partial charge is 0.404 e. The van der Waals surface area contributed by atoms with Gasteiger partial charge in [-0.3, -0.25) is 4.79 Å². The van der Waals surface area contributed by atoms with Gasteiger partial charge >= 0.3 is 6.09 Å². The highest BCUT2D eigenvalue weighted by atomic mass is 32.1. The van der Waals surface area contributed by atoms with Gasteiger partial charge in [0.15, 0.2) is 0 Å². The van der Waals surface area contributed by atoms with Gasteiger partial charge in [-0.1, -0.05) is 0 Å². The number of hydrogen-bond donors (Lipinski definition) is 3. The van der Waals surface area contributed by atoms with E-state index >= 15 is 0 Å². The molecule has 0 aliphatic heterocycles. The molecule has 1 aromatic heterocycles. The molecular weight excluding hydrogens is 264 g/mol. The highest BCUT2D eigenvalue weighted by Gasteiger charge is 2.30. The van der Waals surface area contributed by atoms with Crippen LogP contribution in [0.3, 0.4) is 0 Å². The Balaban J connectivity index is 1.66. The summed E-state index contributed by atoms with van der Waals surface area (Å²) in [7, 11) is 0. The molecule has 3 N–H and O–H groups in total. The largest absolute Gasteiger partial charge is 0.465 e. The van der Waals surface area contributed by atoms with Gasteiger partial charge in [-0.05, 0) is 43.7 Å². The Bertz CT molecular complexity index is 522. The quantitative estimate of drug-likeness (QED) is 0.794. The summed E-state index contributed by atoms with van der Waals surface area (Å²) in [5.74, 6) is 0.333. The van der Waals surface area contributed by atoms with Crippen molar-refractivity contribution in [3.8, 4) is 0 Å². The predicted octanol–water partition coefficient (Wildman–Crippen LogP) is 2.22. The second kappa shape index (κ2) is 4.85. The van der Waals surface area contributed by atoms with Gasteiger partial charge in [0.2, 0.25) is 5.91 Å². The molecule has 1 heterocycles. The van der Waals surface area contributed by atoms with Crippen molar-refractivity contribution in [3.05, 3.63) is 16.5 Å². The molecule has 1 unspecified atom stereocenters. The van der Waals surface area contributed by atoms with Gasteiger partial charge in [-0.2, -0.15) is 0 Å². The molecule has 5 nitrogen and oxygen atoms in total. The summed E-state index contributed by atoms with van der Waals surface area (Å²) >= 11 is 1.62. The lowest BCUT2D eigenvalue weighted by Crippen LogP contribution is -2.37. The number of carboxylic acid groups (broad SMARTS) is 1. The van der Waals surface area contributed by atoms with Crippen molar-refractivity contribution in [3.63, 3.8) is 0 Å². The average molecular weight is 280 g/mol. The van der Waals surface area contributed by atoms with E-state index in [0.29, 0.717) is 0 Å². The van der Waals surface area contributed by atoms with E-state index in [1.807, 2.05) is 6.07 Å². The number of fused-ring (bicyclic) bond motifs is 1. The zero-order chi connectivity index (χ0) is 13.4. The third kappa shape index (κ3) is 2.89. The van der Waals surface area contributed by atoms with E-state index in [4.69, 9.17) is 5.11 Å². The number of nitrogens with one attached hydrogen (secondary N) is 2. The van der Waals surface area contributed by atoms with Crippen LogP contribution in [0.1, 0.15) is 29.7 Å². The molecule has 0 spiro atoms. The van der Waals surface area contributed by atoms with Crippen LogP contribution in [0.4, 0.5) is 9.80 Å². The summed E-state index contributed by atoms with van der Waals surface area (Å²) in [4.78, 5) is 23.6. The van der Waals surface area contributed by atoms with Gasteiger partial charge in [0.05, 0.1) is 5.00 Å². The maximum absolute atomic E-state index is 11.7. The number of carbonyl (C=O) groups is 2. The van der Waals surface area contributed by atoms with Crippen LogP contribution < -0.4 is 10.6 Å². The van der Waals surface area contributed by atoms with E-state index in [2.05, 4.69) is 10.6 Å². The number of hydrogen-bond acceptors (Lipinski definition) is 3. The first-order valence-electron chi connectivity index (χ1n) is 6.53. The zero-order valence-corrected chi connectivity index (χ0v) is 11.3. The minimum absolute atomic E-state index is 0.00779. The number of rotatable bonds is 3. The van der Waals surface area contributed by atoms with Crippen LogP contribution in [0, 0.1) is 5.92 Å². The van der Waals surface area contributed by atoms with Crippen LogP contribution in [-0.2, 0) is 17.6 Å². The molecule has 1 aromatic rings. The van der Waals surface area contributed by atoms with Crippen molar-refractivity contribution in [2.24, 2.45) is 5.92 Å². The molecule has 0 saturated heterocycles. The molecule has 0 aromatic carbocycles. The lowest BCUT2D eigenvalue weighted by atomic mass is 9.94. The van der Waals surface area contributed by atoms with Gasteiger partial charge < -0.3 is 15.7 Å². The fourth-order valence-electron chi connectivity index (χ4n) is 2.45. The Morgan fingerprint density at radius 2 is 2.11 bits per heavy atom. The molecule has 2 aliphatic rings. The van der Waals surface area contributed by atoms with Crippen LogP contribution in [0.15, 0.2) is 6.07 Å². The van der Waals surface area contributed by atoms with Gasteiger partial charge in [0, 0.05) is 16.8 Å². The SMILES string of the molecule is O=C(O)NC1CCc2sc(NC(=O)C3CC3)cc2C1. The fourth-order valence-corrected chi connectivity index (χ4v) is 3.56. The Kier molecular flexibility index (Phi) is 3.18. The van der Waals surface area contributed by atoms with Crippen molar-refractivity contribution in [2.75, 3.05) is 5.32 Å². The number of anilines is 1. The highest BCUT2D eigenvalue weighted by Crippen LogP contribution is 2.35. The summed E-state index contributed by atoms with van der Waals surface area (Å²) in [5, 5.41) is 15.1. The Labute approximate surface area is 115 Å². The number of thiophene rings is 1. The average Bonchev–Trinajstić information content (AvgIpc) is 3.10. The van der Waals surface area contributed by atoms with E-state index in [0.717, 1.165) is 37.1 Å². The van der Waals surface area contributed by atoms with Crippen molar-refractivity contribution < 1.29 is 14.7 Å². The summed E-state index contributed by atoms with van der Waals surface area (Å²) < 4.78 is 0. The van der Waals surface area contributed by atoms with E-state index in [1.54, 1.807) is 11.3 Å². The lowest BCUT2D eigenvalue weighted by Gasteiger charge is -2.21. The summed E-state index contributed by atoms with van der Waals surface area (Å²) in [6, 6.07) is 1.99. The predicted molar refractivity (Wildman–Crippen MR) is 72.6 cm³/mol. The molecule has 3 rings (SSSR count). The monoisotopic (exact) mass is 280 g/mol. The molecule has 2 amide bonds. The van der Waals surface area contributed by atoms with Crippen molar-refractivity contribution in [1.29, 1.82) is 0 Å². The van der Waals surface area contributed by atoms with Crippen LogP contribution in [-0.4, -0.2) is 23.1 Å². The molecule has 0 bridgehead atoms. The first-order chi connectivity index (χ1) is 9.11. The standard InChI is InChI=1S/C13H16N2O3S/c16-12(7-1-2-7)15-11-6-8-5-9(14-13(17)18)3-4-10(8)19-11/h6-7,9,14H,1-5H2,(H,15,16)(H,17,18). The molecule has 102 valence electrons. The van der Waals surface area contributed by atoms with Gasteiger partial charge in [-0.15, -0.1) is 11.3 Å². The Morgan fingerprint density at radius 1 is 1.32 bits per heavy atom. The fraction of sp³-hybridized carbons (Fsp3) is 0.538. The van der Waals surface area contributed by atoms with Crippen LogP contribution in [0.2, 0.25) is 0 Å². The van der Waals surface area contributed by atoms with Gasteiger partial charge in [-0.25, -0.2) is 4.79 Å². The Hall–Kier alpha value is -1.56. The van der Waals surface area contributed by atoms with E-state index < -0.39 is 6.09 Å². The molecule has 1 saturated carbocycles. The van der Waals surface area contributed by atoms with Crippen molar-refractivity contribution in [1.82, 2.24) is 5.32 Å². The molecule has 2 aliphatic carbocycles. The molecule has 19 heavy (non-hydrogen) atoms. The molecular formula is C13H16N2O3S. The van der Waals surface area contributed by atoms with Crippen LogP contribution in [0.25, 0.3) is 0 Å². The number of amides is 2. The third-order valence-electron chi connectivity index (χ3n) is 3.60.